The maximum atomic E-state index is 6.21. The summed E-state index contributed by atoms with van der Waals surface area (Å²) in [6.07, 6.45) is -0.0640. The third kappa shape index (κ3) is 3.92. The van der Waals surface area contributed by atoms with E-state index < -0.39 is 8.80 Å². The van der Waals surface area contributed by atoms with Crippen molar-refractivity contribution < 1.29 is 13.3 Å². The zero-order valence-corrected chi connectivity index (χ0v) is 14.3. The molecular formula is C17H24O3Si. The normalized spacial score (nSPS) is 13.5. The molecule has 2 aromatic carbocycles. The quantitative estimate of drug-likeness (QED) is 0.702. The summed E-state index contributed by atoms with van der Waals surface area (Å²) in [5.41, 5.74) is 1.17. The van der Waals surface area contributed by atoms with Gasteiger partial charge in [0, 0.05) is 19.8 Å². The molecule has 0 spiro atoms. The minimum Gasteiger partial charge on any atom is -0.374 e. The van der Waals surface area contributed by atoms with E-state index in [0.717, 1.165) is 0 Å². The van der Waals surface area contributed by atoms with Gasteiger partial charge in [-0.2, -0.15) is 0 Å². The number of hydrogen-bond donors (Lipinski definition) is 0. The van der Waals surface area contributed by atoms with Crippen molar-refractivity contribution in [2.24, 2.45) is 0 Å². The monoisotopic (exact) mass is 304 g/mol. The Morgan fingerprint density at radius 2 is 1.57 bits per heavy atom. The third-order valence-electron chi connectivity index (χ3n) is 3.47. The van der Waals surface area contributed by atoms with E-state index in [1.807, 2.05) is 20.4 Å². The van der Waals surface area contributed by atoms with Crippen LogP contribution in [0.1, 0.15) is 32.4 Å². The van der Waals surface area contributed by atoms with Crippen molar-refractivity contribution in [3.05, 3.63) is 48.0 Å². The Morgan fingerprint density at radius 3 is 2.24 bits per heavy atom. The molecule has 0 radical (unpaired) electrons. The van der Waals surface area contributed by atoms with Crippen LogP contribution in [0.4, 0.5) is 0 Å². The predicted molar refractivity (Wildman–Crippen MR) is 88.3 cm³/mol. The molecule has 1 atom stereocenters. The Kier molecular flexibility index (Phi) is 5.53. The third-order valence-corrected chi connectivity index (χ3v) is 5.87. The van der Waals surface area contributed by atoms with Gasteiger partial charge in [0.25, 0.3) is 0 Å². The van der Waals surface area contributed by atoms with Crippen molar-refractivity contribution in [2.45, 2.75) is 33.4 Å². The molecule has 1 unspecified atom stereocenters. The van der Waals surface area contributed by atoms with Gasteiger partial charge in [-0.3, -0.25) is 0 Å². The van der Waals surface area contributed by atoms with Gasteiger partial charge >= 0.3 is 8.80 Å². The minimum absolute atomic E-state index is 0.0640. The fourth-order valence-electron chi connectivity index (χ4n) is 2.62. The van der Waals surface area contributed by atoms with Gasteiger partial charge in [-0.25, -0.2) is 0 Å². The summed E-state index contributed by atoms with van der Waals surface area (Å²) < 4.78 is 17.7. The van der Waals surface area contributed by atoms with E-state index in [-0.39, 0.29) is 6.10 Å². The van der Waals surface area contributed by atoms with Gasteiger partial charge in [0.15, 0.2) is 0 Å². The second kappa shape index (κ2) is 7.18. The van der Waals surface area contributed by atoms with Gasteiger partial charge in [0.2, 0.25) is 0 Å². The molecule has 0 amide bonds. The van der Waals surface area contributed by atoms with Crippen LogP contribution < -0.4 is 0 Å². The van der Waals surface area contributed by atoms with Crippen LogP contribution in [0.15, 0.2) is 42.5 Å². The van der Waals surface area contributed by atoms with Gasteiger partial charge in [-0.1, -0.05) is 42.5 Å². The van der Waals surface area contributed by atoms with Crippen molar-refractivity contribution >= 4 is 19.6 Å². The lowest BCUT2D eigenvalue weighted by molar-refractivity contribution is 0.0444. The highest BCUT2D eigenvalue weighted by Crippen LogP contribution is 2.29. The molecule has 3 nitrogen and oxygen atoms in total. The molecule has 2 aromatic rings. The zero-order valence-electron chi connectivity index (χ0n) is 13.3. The second-order valence-electron chi connectivity index (χ2n) is 5.06. The first kappa shape index (κ1) is 16.2. The fraction of sp³-hybridized carbons (Fsp3) is 0.412. The van der Waals surface area contributed by atoms with Crippen molar-refractivity contribution in [3.8, 4) is 0 Å². The molecule has 2 rings (SSSR count). The van der Waals surface area contributed by atoms with Gasteiger partial charge in [-0.05, 0) is 37.1 Å². The first-order valence-corrected chi connectivity index (χ1v) is 9.75. The Balaban J connectivity index is 2.27. The summed E-state index contributed by atoms with van der Waals surface area (Å²) in [5.74, 6) is 0. The maximum Gasteiger partial charge on any atom is 0.498 e. The van der Waals surface area contributed by atoms with Crippen LogP contribution in [-0.2, 0) is 13.3 Å². The van der Waals surface area contributed by atoms with E-state index in [2.05, 4.69) is 49.4 Å². The van der Waals surface area contributed by atoms with Crippen molar-refractivity contribution in [1.29, 1.82) is 0 Å². The number of benzene rings is 2. The summed E-state index contributed by atoms with van der Waals surface area (Å²) in [4.78, 5) is 0. The SMILES string of the molecule is CCO[Si](C)(OCC)OC(C)c1cccc2ccccc12. The van der Waals surface area contributed by atoms with Crippen molar-refractivity contribution in [3.63, 3.8) is 0 Å². The van der Waals surface area contributed by atoms with Gasteiger partial charge in [0.1, 0.15) is 0 Å². The Hall–Kier alpha value is -1.20. The molecule has 0 fully saturated rings. The number of hydrogen-bond acceptors (Lipinski definition) is 3. The van der Waals surface area contributed by atoms with Gasteiger partial charge in [-0.15, -0.1) is 0 Å². The maximum absolute atomic E-state index is 6.21. The summed E-state index contributed by atoms with van der Waals surface area (Å²) in [6.45, 7) is 9.16. The first-order chi connectivity index (χ1) is 10.1. The van der Waals surface area contributed by atoms with E-state index in [0.29, 0.717) is 13.2 Å². The van der Waals surface area contributed by atoms with Crippen LogP contribution in [0.5, 0.6) is 0 Å². The highest BCUT2D eigenvalue weighted by Gasteiger charge is 2.36. The molecule has 0 aliphatic rings. The lowest BCUT2D eigenvalue weighted by Crippen LogP contribution is -2.43. The lowest BCUT2D eigenvalue weighted by Gasteiger charge is -2.29. The molecule has 0 heterocycles. The van der Waals surface area contributed by atoms with Crippen LogP contribution in [0, 0.1) is 0 Å². The van der Waals surface area contributed by atoms with Gasteiger partial charge in [0.05, 0.1) is 6.10 Å². The van der Waals surface area contributed by atoms with E-state index in [1.54, 1.807) is 0 Å². The average Bonchev–Trinajstić information content (AvgIpc) is 2.46. The van der Waals surface area contributed by atoms with Crippen LogP contribution in [0.25, 0.3) is 10.8 Å². The molecule has 0 N–H and O–H groups in total. The fourth-order valence-corrected chi connectivity index (χ4v) is 4.66. The molecule has 0 aliphatic heterocycles. The standard InChI is InChI=1S/C17H24O3Si/c1-5-18-21(4,19-6-2)20-14(3)16-13-9-11-15-10-7-8-12-17(15)16/h7-14H,5-6H2,1-4H3. The Labute approximate surface area is 128 Å². The molecule has 0 bridgehead atoms. The van der Waals surface area contributed by atoms with Crippen molar-refractivity contribution in [1.82, 2.24) is 0 Å². The van der Waals surface area contributed by atoms with E-state index in [1.165, 1.54) is 16.3 Å². The molecule has 0 saturated carbocycles. The molecular weight excluding hydrogens is 280 g/mol. The van der Waals surface area contributed by atoms with Crippen molar-refractivity contribution in [2.75, 3.05) is 13.2 Å². The van der Waals surface area contributed by atoms with Gasteiger partial charge < -0.3 is 13.3 Å². The largest absolute Gasteiger partial charge is 0.498 e. The molecule has 0 saturated heterocycles. The highest BCUT2D eigenvalue weighted by atomic mass is 28.4. The average molecular weight is 304 g/mol. The number of fused-ring (bicyclic) bond motifs is 1. The molecule has 114 valence electrons. The van der Waals surface area contributed by atoms with E-state index >= 15 is 0 Å². The summed E-state index contributed by atoms with van der Waals surface area (Å²) in [7, 11) is -2.58. The lowest BCUT2D eigenvalue weighted by atomic mass is 10.0. The topological polar surface area (TPSA) is 27.7 Å². The highest BCUT2D eigenvalue weighted by molar-refractivity contribution is 6.59. The van der Waals surface area contributed by atoms with Crippen LogP contribution in [-0.4, -0.2) is 22.0 Å². The zero-order chi connectivity index (χ0) is 15.3. The smallest absolute Gasteiger partial charge is 0.374 e. The summed E-state index contributed by atoms with van der Waals surface area (Å²) >= 11 is 0. The Bertz CT molecular complexity index is 574. The molecule has 0 aliphatic carbocycles. The predicted octanol–water partition coefficient (Wildman–Crippen LogP) is 4.56. The summed E-state index contributed by atoms with van der Waals surface area (Å²) in [6, 6.07) is 14.7. The minimum atomic E-state index is -2.58. The van der Waals surface area contributed by atoms with E-state index in [9.17, 15) is 0 Å². The number of rotatable bonds is 7. The molecule has 0 aromatic heterocycles. The van der Waals surface area contributed by atoms with Crippen LogP contribution >= 0.6 is 0 Å². The Morgan fingerprint density at radius 1 is 0.952 bits per heavy atom. The second-order valence-corrected chi connectivity index (χ2v) is 7.59. The van der Waals surface area contributed by atoms with Crippen LogP contribution in [0.3, 0.4) is 0 Å². The molecule has 4 heteroatoms. The first-order valence-electron chi connectivity index (χ1n) is 7.53. The van der Waals surface area contributed by atoms with Crippen LogP contribution in [0.2, 0.25) is 6.55 Å². The van der Waals surface area contributed by atoms with E-state index in [4.69, 9.17) is 13.3 Å². The summed E-state index contributed by atoms with van der Waals surface area (Å²) in [5, 5.41) is 2.44. The molecule has 21 heavy (non-hydrogen) atoms.